The summed E-state index contributed by atoms with van der Waals surface area (Å²) in [5.41, 5.74) is 0. The summed E-state index contributed by atoms with van der Waals surface area (Å²) in [7, 11) is 0. The first kappa shape index (κ1) is 19.6. The predicted molar refractivity (Wildman–Crippen MR) is 89.4 cm³/mol. The quantitative estimate of drug-likeness (QED) is 0.378. The highest BCUT2D eigenvalue weighted by Gasteiger charge is 2.43. The Morgan fingerprint density at radius 1 is 1.48 bits per heavy atom. The predicted octanol–water partition coefficient (Wildman–Crippen LogP) is 2.74. The summed E-state index contributed by atoms with van der Waals surface area (Å²) >= 11 is 5.31. The number of hydrogen-bond donors (Lipinski definition) is 3. The molecule has 0 saturated heterocycles. The van der Waals surface area contributed by atoms with Crippen LogP contribution in [0.5, 0.6) is 5.75 Å². The minimum absolute atomic E-state index is 0.0322. The van der Waals surface area contributed by atoms with E-state index in [2.05, 4.69) is 29.8 Å². The number of rotatable bonds is 8. The summed E-state index contributed by atoms with van der Waals surface area (Å²) in [6.07, 6.45) is -1.84. The lowest BCUT2D eigenvalue weighted by molar-refractivity contribution is -0.188. The maximum absolute atomic E-state index is 14.3. The smallest absolute Gasteiger partial charge is 0.425 e. The summed E-state index contributed by atoms with van der Waals surface area (Å²) in [5.74, 6) is 3.12. The zero-order valence-corrected chi connectivity index (χ0v) is 14.3. The fourth-order valence-electron chi connectivity index (χ4n) is 1.63. The van der Waals surface area contributed by atoms with Crippen molar-refractivity contribution in [3.05, 3.63) is 24.3 Å². The number of alkyl halides is 2. The molecule has 0 amide bonds. The lowest BCUT2D eigenvalue weighted by atomic mass is 10.2. The van der Waals surface area contributed by atoms with E-state index in [4.69, 9.17) is 9.84 Å². The van der Waals surface area contributed by atoms with Crippen molar-refractivity contribution in [3.63, 3.8) is 0 Å². The van der Waals surface area contributed by atoms with E-state index in [1.165, 1.54) is 30.8 Å². The van der Waals surface area contributed by atoms with Crippen molar-refractivity contribution in [2.75, 3.05) is 12.0 Å². The highest BCUT2D eigenvalue weighted by molar-refractivity contribution is 7.98. The zero-order valence-electron chi connectivity index (χ0n) is 12.5. The molecular formula is C15H17F2NO3S2. The van der Waals surface area contributed by atoms with Crippen LogP contribution in [0, 0.1) is 11.8 Å². The normalized spacial score (nSPS) is 13.6. The van der Waals surface area contributed by atoms with Crippen molar-refractivity contribution in [2.45, 2.75) is 30.0 Å². The minimum atomic E-state index is -3.71. The van der Waals surface area contributed by atoms with Gasteiger partial charge in [-0.1, -0.05) is 5.92 Å². The lowest BCUT2D eigenvalue weighted by Crippen LogP contribution is -2.54. The SMILES string of the molecule is CC#C[C@H](N[C@@H](CS)C(=O)O)C(F)(F)Oc1ccc(SC)cc1. The third-order valence-electron chi connectivity index (χ3n) is 2.79. The van der Waals surface area contributed by atoms with Crippen LogP contribution in [0.3, 0.4) is 0 Å². The van der Waals surface area contributed by atoms with Gasteiger partial charge < -0.3 is 9.84 Å². The second kappa shape index (κ2) is 9.01. The topological polar surface area (TPSA) is 58.6 Å². The number of thiol groups is 1. The Morgan fingerprint density at radius 3 is 2.52 bits per heavy atom. The van der Waals surface area contributed by atoms with Crippen LogP contribution in [0.4, 0.5) is 8.78 Å². The van der Waals surface area contributed by atoms with Crippen LogP contribution in [-0.4, -0.2) is 41.3 Å². The second-order valence-electron chi connectivity index (χ2n) is 4.41. The van der Waals surface area contributed by atoms with Gasteiger partial charge in [0.2, 0.25) is 0 Å². The van der Waals surface area contributed by atoms with Crippen molar-refractivity contribution in [3.8, 4) is 17.6 Å². The van der Waals surface area contributed by atoms with Crippen LogP contribution in [-0.2, 0) is 4.79 Å². The molecule has 0 aliphatic rings. The van der Waals surface area contributed by atoms with Gasteiger partial charge in [-0.15, -0.1) is 17.7 Å². The summed E-state index contributed by atoms with van der Waals surface area (Å²) in [6, 6.07) is 3.10. The van der Waals surface area contributed by atoms with Crippen molar-refractivity contribution in [1.82, 2.24) is 5.32 Å². The maximum atomic E-state index is 14.3. The van der Waals surface area contributed by atoms with E-state index < -0.39 is 24.2 Å². The molecule has 23 heavy (non-hydrogen) atoms. The van der Waals surface area contributed by atoms with E-state index >= 15 is 0 Å². The van der Waals surface area contributed by atoms with Gasteiger partial charge in [-0.2, -0.15) is 21.4 Å². The fraction of sp³-hybridized carbons (Fsp3) is 0.400. The van der Waals surface area contributed by atoms with Crippen LogP contribution in [0.2, 0.25) is 0 Å². The van der Waals surface area contributed by atoms with Crippen molar-refractivity contribution < 1.29 is 23.4 Å². The average molecular weight is 361 g/mol. The fourth-order valence-corrected chi connectivity index (χ4v) is 2.30. The maximum Gasteiger partial charge on any atom is 0.425 e. The number of thioether (sulfide) groups is 1. The van der Waals surface area contributed by atoms with E-state index in [9.17, 15) is 13.6 Å². The summed E-state index contributed by atoms with van der Waals surface area (Å²) in [6.45, 7) is 1.38. The lowest BCUT2D eigenvalue weighted by Gasteiger charge is -2.26. The molecule has 2 atom stereocenters. The number of aliphatic carboxylic acids is 1. The van der Waals surface area contributed by atoms with Crippen molar-refractivity contribution in [2.24, 2.45) is 0 Å². The molecule has 0 aromatic heterocycles. The molecule has 0 unspecified atom stereocenters. The van der Waals surface area contributed by atoms with Crippen molar-refractivity contribution >= 4 is 30.4 Å². The van der Waals surface area contributed by atoms with Crippen LogP contribution < -0.4 is 10.1 Å². The Hall–Kier alpha value is -1.43. The van der Waals surface area contributed by atoms with Gasteiger partial charge in [0.25, 0.3) is 0 Å². The highest BCUT2D eigenvalue weighted by Crippen LogP contribution is 2.27. The molecule has 4 nitrogen and oxygen atoms in total. The van der Waals surface area contributed by atoms with Gasteiger partial charge in [0.15, 0.2) is 6.04 Å². The first-order chi connectivity index (χ1) is 10.8. The van der Waals surface area contributed by atoms with Gasteiger partial charge in [0.1, 0.15) is 11.8 Å². The molecule has 0 saturated carbocycles. The van der Waals surface area contributed by atoms with Crippen molar-refractivity contribution in [1.29, 1.82) is 0 Å². The van der Waals surface area contributed by atoms with Crippen LogP contribution in [0.1, 0.15) is 6.92 Å². The van der Waals surface area contributed by atoms with E-state index in [0.29, 0.717) is 0 Å². The van der Waals surface area contributed by atoms with E-state index in [0.717, 1.165) is 4.90 Å². The van der Waals surface area contributed by atoms with E-state index in [1.54, 1.807) is 12.1 Å². The summed E-state index contributed by atoms with van der Waals surface area (Å²) in [5, 5.41) is 11.2. The van der Waals surface area contributed by atoms with Gasteiger partial charge in [0.05, 0.1) is 0 Å². The first-order valence-electron chi connectivity index (χ1n) is 6.57. The molecule has 0 aliphatic heterocycles. The molecule has 0 heterocycles. The summed E-state index contributed by atoms with van der Waals surface area (Å²) < 4.78 is 33.3. The number of carbonyl (C=O) groups is 1. The highest BCUT2D eigenvalue weighted by atomic mass is 32.2. The number of carboxylic acids is 1. The molecule has 0 aliphatic carbocycles. The molecule has 2 N–H and O–H groups in total. The molecule has 0 bridgehead atoms. The van der Waals surface area contributed by atoms with E-state index in [1.807, 2.05) is 6.26 Å². The molecule has 0 fully saturated rings. The number of halogens is 2. The molecule has 126 valence electrons. The number of nitrogens with one attached hydrogen (secondary N) is 1. The largest absolute Gasteiger partial charge is 0.480 e. The Balaban J connectivity index is 2.93. The number of ether oxygens (including phenoxy) is 1. The molecule has 0 spiro atoms. The monoisotopic (exact) mass is 361 g/mol. The van der Waals surface area contributed by atoms with Gasteiger partial charge in [0, 0.05) is 10.6 Å². The third-order valence-corrected chi connectivity index (χ3v) is 3.90. The number of hydrogen-bond acceptors (Lipinski definition) is 5. The Bertz CT molecular complexity index is 585. The standard InChI is InChI=1S/C15H17F2NO3S2/c1-3-4-13(18-12(9-22)14(19)20)15(16,17)21-10-5-7-11(23-2)8-6-10/h5-8,12-13,18,22H,9H2,1-2H3,(H,19,20)/t12-,13-/m0/s1. The zero-order chi connectivity index (χ0) is 17.5. The minimum Gasteiger partial charge on any atom is -0.480 e. The van der Waals surface area contributed by atoms with Crippen LogP contribution in [0.15, 0.2) is 29.2 Å². The Labute approximate surface area is 143 Å². The van der Waals surface area contributed by atoms with Gasteiger partial charge in [-0.25, -0.2) is 0 Å². The van der Waals surface area contributed by atoms with Gasteiger partial charge in [-0.3, -0.25) is 10.1 Å². The van der Waals surface area contributed by atoms with Gasteiger partial charge in [-0.05, 0) is 37.4 Å². The summed E-state index contributed by atoms with van der Waals surface area (Å²) in [4.78, 5) is 11.9. The number of carboxylic acid groups (broad SMARTS) is 1. The van der Waals surface area contributed by atoms with Crippen LogP contribution in [0.25, 0.3) is 0 Å². The molecular weight excluding hydrogens is 344 g/mol. The Morgan fingerprint density at radius 2 is 2.09 bits per heavy atom. The van der Waals surface area contributed by atoms with Crippen LogP contribution >= 0.6 is 24.4 Å². The number of benzene rings is 1. The molecule has 8 heteroatoms. The van der Waals surface area contributed by atoms with E-state index in [-0.39, 0.29) is 11.5 Å². The molecule has 1 aromatic carbocycles. The van der Waals surface area contributed by atoms with Gasteiger partial charge >= 0.3 is 12.1 Å². The Kier molecular flexibility index (Phi) is 7.68. The molecule has 0 radical (unpaired) electrons. The first-order valence-corrected chi connectivity index (χ1v) is 8.42. The average Bonchev–Trinajstić information content (AvgIpc) is 2.51. The third kappa shape index (κ3) is 5.94. The molecule has 1 rings (SSSR count). The molecule has 1 aromatic rings. The second-order valence-corrected chi connectivity index (χ2v) is 5.65.